The SMILES string of the molecule is COc1cccc([C@@]23CCN(CC4CC4)C[C@@]2(OC)CC[C@@H](N(C)C(=O)c2ccc4ccccc4c2)C3)c1. The maximum Gasteiger partial charge on any atom is 0.253 e. The lowest BCUT2D eigenvalue weighted by atomic mass is 9.55. The van der Waals surface area contributed by atoms with Crippen LogP contribution in [0.15, 0.2) is 66.7 Å². The molecule has 0 N–H and O–H groups in total. The number of benzene rings is 3. The molecule has 6 rings (SSSR count). The van der Waals surface area contributed by atoms with Gasteiger partial charge in [-0.2, -0.15) is 0 Å². The lowest BCUT2D eigenvalue weighted by Crippen LogP contribution is -2.68. The van der Waals surface area contributed by atoms with Crippen LogP contribution in [0.1, 0.15) is 54.4 Å². The van der Waals surface area contributed by atoms with Crippen LogP contribution in [0.5, 0.6) is 5.75 Å². The molecule has 1 amide bonds. The molecular formula is C33H40N2O3. The van der Waals surface area contributed by atoms with Crippen LogP contribution in [-0.4, -0.2) is 68.3 Å². The summed E-state index contributed by atoms with van der Waals surface area (Å²) in [5.74, 6) is 1.83. The number of fused-ring (bicyclic) bond motifs is 2. The van der Waals surface area contributed by atoms with Crippen LogP contribution in [0.4, 0.5) is 0 Å². The van der Waals surface area contributed by atoms with Gasteiger partial charge in [-0.05, 0) is 91.6 Å². The first-order valence-electron chi connectivity index (χ1n) is 14.1. The summed E-state index contributed by atoms with van der Waals surface area (Å²) in [6.45, 7) is 3.20. The fourth-order valence-corrected chi connectivity index (χ4v) is 7.33. The second-order valence-corrected chi connectivity index (χ2v) is 11.8. The zero-order valence-electron chi connectivity index (χ0n) is 23.0. The molecule has 5 heteroatoms. The van der Waals surface area contributed by atoms with E-state index in [1.807, 2.05) is 49.4 Å². The van der Waals surface area contributed by atoms with E-state index in [0.717, 1.165) is 66.8 Å². The van der Waals surface area contributed by atoms with E-state index >= 15 is 0 Å². The molecule has 1 aliphatic heterocycles. The number of likely N-dealkylation sites (tertiary alicyclic amines) is 1. The minimum atomic E-state index is -0.282. The van der Waals surface area contributed by atoms with E-state index in [2.05, 4.69) is 41.3 Å². The average molecular weight is 513 g/mol. The van der Waals surface area contributed by atoms with Crippen LogP contribution in [0, 0.1) is 5.92 Å². The van der Waals surface area contributed by atoms with Crippen LogP contribution in [0.3, 0.4) is 0 Å². The first-order valence-corrected chi connectivity index (χ1v) is 14.1. The fraction of sp³-hybridized carbons (Fsp3) is 0.485. The van der Waals surface area contributed by atoms with E-state index in [1.165, 1.54) is 24.9 Å². The predicted octanol–water partition coefficient (Wildman–Crippen LogP) is 5.91. The number of piperidine rings is 1. The second-order valence-electron chi connectivity index (χ2n) is 11.8. The standard InChI is InChI=1S/C33H40N2O3/c1-34(31(36)27-14-13-25-7-4-5-8-26(25)19-27)29-15-16-33(38-3)23-35(22-24-11-12-24)18-17-32(33,21-29)28-9-6-10-30(20-28)37-2/h4-10,13-14,19-20,24,29H,11-12,15-18,21-23H2,1-3H3/t29-,32+,33+/m1/s1. The first-order chi connectivity index (χ1) is 18.5. The summed E-state index contributed by atoms with van der Waals surface area (Å²) in [5.41, 5.74) is 1.57. The molecule has 38 heavy (non-hydrogen) atoms. The smallest absolute Gasteiger partial charge is 0.253 e. The number of hydrogen-bond acceptors (Lipinski definition) is 4. The summed E-state index contributed by atoms with van der Waals surface area (Å²) in [5, 5.41) is 2.26. The Bertz CT molecular complexity index is 1320. The molecule has 0 radical (unpaired) electrons. The van der Waals surface area contributed by atoms with Crippen molar-refractivity contribution in [2.45, 2.75) is 55.6 Å². The van der Waals surface area contributed by atoms with E-state index in [-0.39, 0.29) is 23.0 Å². The molecule has 3 atom stereocenters. The van der Waals surface area contributed by atoms with Crippen molar-refractivity contribution in [1.82, 2.24) is 9.80 Å². The van der Waals surface area contributed by atoms with Gasteiger partial charge in [0.15, 0.2) is 0 Å². The quantitative estimate of drug-likeness (QED) is 0.395. The number of methoxy groups -OCH3 is 2. The molecule has 2 aliphatic carbocycles. The van der Waals surface area contributed by atoms with E-state index in [1.54, 1.807) is 7.11 Å². The van der Waals surface area contributed by atoms with Crippen LogP contribution >= 0.6 is 0 Å². The Morgan fingerprint density at radius 1 is 0.974 bits per heavy atom. The number of carbonyl (C=O) groups is 1. The summed E-state index contributed by atoms with van der Waals surface area (Å²) in [6, 6.07) is 23.0. The highest BCUT2D eigenvalue weighted by atomic mass is 16.5. The van der Waals surface area contributed by atoms with Crippen molar-refractivity contribution >= 4 is 16.7 Å². The maximum absolute atomic E-state index is 13.8. The molecule has 0 aromatic heterocycles. The Morgan fingerprint density at radius 3 is 2.55 bits per heavy atom. The van der Waals surface area contributed by atoms with Crippen molar-refractivity contribution in [2.24, 2.45) is 5.92 Å². The third kappa shape index (κ3) is 4.40. The second kappa shape index (κ2) is 10.0. The Balaban J connectivity index is 1.33. The van der Waals surface area contributed by atoms with Gasteiger partial charge in [0.25, 0.3) is 5.91 Å². The molecule has 3 aliphatic rings. The summed E-state index contributed by atoms with van der Waals surface area (Å²) in [6.07, 6.45) is 6.51. The largest absolute Gasteiger partial charge is 0.497 e. The molecule has 0 spiro atoms. The highest BCUT2D eigenvalue weighted by molar-refractivity contribution is 5.98. The van der Waals surface area contributed by atoms with Gasteiger partial charge in [-0.1, -0.05) is 42.5 Å². The Hall–Kier alpha value is -2.89. The van der Waals surface area contributed by atoms with E-state index in [9.17, 15) is 4.79 Å². The van der Waals surface area contributed by atoms with Crippen molar-refractivity contribution in [3.8, 4) is 5.75 Å². The topological polar surface area (TPSA) is 42.0 Å². The van der Waals surface area contributed by atoms with Crippen molar-refractivity contribution in [3.63, 3.8) is 0 Å². The minimum Gasteiger partial charge on any atom is -0.497 e. The number of amides is 1. The molecule has 0 bridgehead atoms. The van der Waals surface area contributed by atoms with Crippen molar-refractivity contribution in [2.75, 3.05) is 40.9 Å². The van der Waals surface area contributed by atoms with Gasteiger partial charge in [0.2, 0.25) is 0 Å². The molecule has 5 nitrogen and oxygen atoms in total. The average Bonchev–Trinajstić information content (AvgIpc) is 3.79. The fourth-order valence-electron chi connectivity index (χ4n) is 7.33. The zero-order chi connectivity index (χ0) is 26.3. The lowest BCUT2D eigenvalue weighted by molar-refractivity contribution is -0.153. The summed E-state index contributed by atoms with van der Waals surface area (Å²) < 4.78 is 12.2. The van der Waals surface area contributed by atoms with Crippen LogP contribution in [0.2, 0.25) is 0 Å². The molecule has 3 fully saturated rings. The van der Waals surface area contributed by atoms with Crippen molar-refractivity contribution in [3.05, 3.63) is 77.9 Å². The first kappa shape index (κ1) is 25.4. The third-order valence-corrected chi connectivity index (χ3v) is 9.76. The molecule has 2 saturated carbocycles. The number of ether oxygens (including phenoxy) is 2. The zero-order valence-corrected chi connectivity index (χ0v) is 23.0. The summed E-state index contributed by atoms with van der Waals surface area (Å²) >= 11 is 0. The Labute approximate surface area is 226 Å². The Kier molecular flexibility index (Phi) is 6.69. The molecule has 1 saturated heterocycles. The summed E-state index contributed by atoms with van der Waals surface area (Å²) in [7, 11) is 5.63. The maximum atomic E-state index is 13.8. The number of carbonyl (C=O) groups excluding carboxylic acids is 1. The molecule has 1 heterocycles. The van der Waals surface area contributed by atoms with Gasteiger partial charge >= 0.3 is 0 Å². The monoisotopic (exact) mass is 512 g/mol. The normalized spacial score (nSPS) is 27.6. The highest BCUT2D eigenvalue weighted by Crippen LogP contribution is 2.55. The number of rotatable bonds is 7. The van der Waals surface area contributed by atoms with Crippen LogP contribution < -0.4 is 4.74 Å². The van der Waals surface area contributed by atoms with Crippen molar-refractivity contribution in [1.29, 1.82) is 0 Å². The molecule has 0 unspecified atom stereocenters. The molecule has 3 aromatic rings. The van der Waals surface area contributed by atoms with Gasteiger partial charge < -0.3 is 19.3 Å². The predicted molar refractivity (Wildman–Crippen MR) is 152 cm³/mol. The van der Waals surface area contributed by atoms with Gasteiger partial charge in [-0.3, -0.25) is 4.79 Å². The van der Waals surface area contributed by atoms with Gasteiger partial charge in [0, 0.05) is 44.3 Å². The number of nitrogens with zero attached hydrogens (tertiary/aromatic N) is 2. The summed E-state index contributed by atoms with van der Waals surface area (Å²) in [4.78, 5) is 18.4. The molecule has 200 valence electrons. The Morgan fingerprint density at radius 2 is 1.79 bits per heavy atom. The van der Waals surface area contributed by atoms with Gasteiger partial charge in [-0.25, -0.2) is 0 Å². The molecule has 3 aromatic carbocycles. The van der Waals surface area contributed by atoms with Gasteiger partial charge in [-0.15, -0.1) is 0 Å². The van der Waals surface area contributed by atoms with E-state index in [4.69, 9.17) is 9.47 Å². The van der Waals surface area contributed by atoms with Gasteiger partial charge in [0.1, 0.15) is 5.75 Å². The minimum absolute atomic E-state index is 0.0950. The van der Waals surface area contributed by atoms with Gasteiger partial charge in [0.05, 0.1) is 12.7 Å². The van der Waals surface area contributed by atoms with Crippen LogP contribution in [-0.2, 0) is 10.2 Å². The number of hydrogen-bond donors (Lipinski definition) is 0. The van der Waals surface area contributed by atoms with E-state index < -0.39 is 0 Å². The van der Waals surface area contributed by atoms with Crippen LogP contribution in [0.25, 0.3) is 10.8 Å². The third-order valence-electron chi connectivity index (χ3n) is 9.76. The van der Waals surface area contributed by atoms with Crippen molar-refractivity contribution < 1.29 is 14.3 Å². The highest BCUT2D eigenvalue weighted by Gasteiger charge is 2.59. The lowest BCUT2D eigenvalue weighted by Gasteiger charge is -2.60. The van der Waals surface area contributed by atoms with E-state index in [0.29, 0.717) is 0 Å². The molecular weight excluding hydrogens is 472 g/mol.